The molecule has 162 valence electrons. The number of nitrogens with zero attached hydrogens (tertiary/aromatic N) is 1. The number of urea groups is 1. The summed E-state index contributed by atoms with van der Waals surface area (Å²) in [6.45, 7) is 4.47. The number of fused-ring (bicyclic) bond motifs is 1. The third kappa shape index (κ3) is 4.86. The SMILES string of the molecule is Cc1cc2cc(CN(Cc3ccccc3)C(=O)Nc3ccc(F)cc3)c(=O)[nH]c2cc1C. The second kappa shape index (κ2) is 9.06. The number of hydrogen-bond donors (Lipinski definition) is 2. The number of H-pyrrole nitrogens is 1. The van der Waals surface area contributed by atoms with E-state index in [1.54, 1.807) is 4.90 Å². The lowest BCUT2D eigenvalue weighted by Crippen LogP contribution is -2.35. The maximum Gasteiger partial charge on any atom is 0.322 e. The topological polar surface area (TPSA) is 65.2 Å². The zero-order valence-corrected chi connectivity index (χ0v) is 18.0. The molecule has 0 fully saturated rings. The summed E-state index contributed by atoms with van der Waals surface area (Å²) in [5.41, 5.74) is 4.68. The van der Waals surface area contributed by atoms with Crippen molar-refractivity contribution < 1.29 is 9.18 Å². The summed E-state index contributed by atoms with van der Waals surface area (Å²) >= 11 is 0. The van der Waals surface area contributed by atoms with E-state index in [9.17, 15) is 14.0 Å². The average Bonchev–Trinajstić information content (AvgIpc) is 2.77. The smallest absolute Gasteiger partial charge is 0.322 e. The Kier molecular flexibility index (Phi) is 6.03. The zero-order chi connectivity index (χ0) is 22.7. The molecule has 6 heteroatoms. The minimum atomic E-state index is -0.377. The summed E-state index contributed by atoms with van der Waals surface area (Å²) in [5.74, 6) is -0.377. The van der Waals surface area contributed by atoms with Crippen LogP contribution in [-0.2, 0) is 13.1 Å². The Balaban J connectivity index is 1.65. The van der Waals surface area contributed by atoms with E-state index in [0.717, 1.165) is 27.6 Å². The van der Waals surface area contributed by atoms with Crippen LogP contribution in [0.25, 0.3) is 10.9 Å². The van der Waals surface area contributed by atoms with Gasteiger partial charge in [0.15, 0.2) is 0 Å². The second-order valence-electron chi connectivity index (χ2n) is 7.93. The number of carbonyl (C=O) groups is 1. The van der Waals surface area contributed by atoms with E-state index in [4.69, 9.17) is 0 Å². The van der Waals surface area contributed by atoms with Crippen molar-refractivity contribution >= 4 is 22.6 Å². The quantitative estimate of drug-likeness (QED) is 0.439. The summed E-state index contributed by atoms with van der Waals surface area (Å²) in [7, 11) is 0. The van der Waals surface area contributed by atoms with Crippen LogP contribution < -0.4 is 10.9 Å². The van der Waals surface area contributed by atoms with Crippen LogP contribution in [-0.4, -0.2) is 15.9 Å². The summed E-state index contributed by atoms with van der Waals surface area (Å²) in [6, 6.07) is 20.6. The first kappa shape index (κ1) is 21.3. The summed E-state index contributed by atoms with van der Waals surface area (Å²) in [6.07, 6.45) is 0. The molecule has 0 aliphatic carbocycles. The van der Waals surface area contributed by atoms with E-state index in [2.05, 4.69) is 10.3 Å². The van der Waals surface area contributed by atoms with Crippen LogP contribution in [0, 0.1) is 19.7 Å². The number of carbonyl (C=O) groups excluding carboxylic acids is 1. The van der Waals surface area contributed by atoms with Gasteiger partial charge in [-0.3, -0.25) is 4.79 Å². The van der Waals surface area contributed by atoms with Gasteiger partial charge in [-0.15, -0.1) is 0 Å². The van der Waals surface area contributed by atoms with E-state index in [0.29, 0.717) is 17.8 Å². The summed E-state index contributed by atoms with van der Waals surface area (Å²) < 4.78 is 13.2. The molecule has 0 aliphatic rings. The normalized spacial score (nSPS) is 10.8. The fraction of sp³-hybridized carbons (Fsp3) is 0.154. The van der Waals surface area contributed by atoms with Crippen molar-refractivity contribution in [3.8, 4) is 0 Å². The minimum absolute atomic E-state index is 0.125. The molecule has 32 heavy (non-hydrogen) atoms. The van der Waals surface area contributed by atoms with Crippen molar-refractivity contribution in [3.63, 3.8) is 0 Å². The molecule has 0 bridgehead atoms. The molecule has 1 heterocycles. The van der Waals surface area contributed by atoms with Gasteiger partial charge in [-0.05, 0) is 78.4 Å². The first-order valence-electron chi connectivity index (χ1n) is 10.4. The summed E-state index contributed by atoms with van der Waals surface area (Å²) in [4.78, 5) is 30.4. The first-order valence-corrected chi connectivity index (χ1v) is 10.4. The molecule has 0 aliphatic heterocycles. The van der Waals surface area contributed by atoms with Gasteiger partial charge in [-0.2, -0.15) is 0 Å². The average molecular weight is 429 g/mol. The van der Waals surface area contributed by atoms with Gasteiger partial charge < -0.3 is 15.2 Å². The van der Waals surface area contributed by atoms with Gasteiger partial charge in [0.2, 0.25) is 0 Å². The van der Waals surface area contributed by atoms with E-state index in [-0.39, 0.29) is 24.0 Å². The molecular weight excluding hydrogens is 405 g/mol. The van der Waals surface area contributed by atoms with Gasteiger partial charge in [0.25, 0.3) is 5.56 Å². The van der Waals surface area contributed by atoms with Crippen LogP contribution in [0.4, 0.5) is 14.9 Å². The van der Waals surface area contributed by atoms with Crippen LogP contribution in [0.1, 0.15) is 22.3 Å². The number of anilines is 1. The Morgan fingerprint density at radius 3 is 2.34 bits per heavy atom. The van der Waals surface area contributed by atoms with E-state index >= 15 is 0 Å². The third-order valence-corrected chi connectivity index (χ3v) is 5.50. The predicted molar refractivity (Wildman–Crippen MR) is 125 cm³/mol. The van der Waals surface area contributed by atoms with Crippen LogP contribution in [0.2, 0.25) is 0 Å². The van der Waals surface area contributed by atoms with Gasteiger partial charge in [-0.1, -0.05) is 30.3 Å². The number of aromatic amines is 1. The fourth-order valence-electron chi connectivity index (χ4n) is 3.58. The molecule has 5 nitrogen and oxygen atoms in total. The number of hydrogen-bond acceptors (Lipinski definition) is 2. The standard InChI is InChI=1S/C26H24FN3O2/c1-17-12-20-14-21(25(31)29-24(20)13-18(17)2)16-30(15-19-6-4-3-5-7-19)26(32)28-23-10-8-22(27)9-11-23/h3-14H,15-16H2,1-2H3,(H,28,32)(H,29,31). The first-order chi connectivity index (χ1) is 15.4. The van der Waals surface area contributed by atoms with Gasteiger partial charge in [0.1, 0.15) is 5.82 Å². The zero-order valence-electron chi connectivity index (χ0n) is 18.0. The molecule has 4 aromatic rings. The largest absolute Gasteiger partial charge is 0.322 e. The lowest BCUT2D eigenvalue weighted by atomic mass is 10.0. The van der Waals surface area contributed by atoms with Gasteiger partial charge in [0, 0.05) is 23.3 Å². The van der Waals surface area contributed by atoms with Crippen molar-refractivity contribution in [2.45, 2.75) is 26.9 Å². The molecule has 0 spiro atoms. The number of pyridine rings is 1. The fourth-order valence-corrected chi connectivity index (χ4v) is 3.58. The van der Waals surface area contributed by atoms with E-state index in [1.165, 1.54) is 24.3 Å². The summed E-state index contributed by atoms with van der Waals surface area (Å²) in [5, 5.41) is 3.71. The lowest BCUT2D eigenvalue weighted by molar-refractivity contribution is 0.206. The van der Waals surface area contributed by atoms with Crippen LogP contribution in [0.15, 0.2) is 77.6 Å². The molecular formula is C26H24FN3O2. The highest BCUT2D eigenvalue weighted by atomic mass is 19.1. The van der Waals surface area contributed by atoms with Gasteiger partial charge in [-0.25, -0.2) is 9.18 Å². The van der Waals surface area contributed by atoms with Gasteiger partial charge in [0.05, 0.1) is 6.54 Å². The Morgan fingerprint density at radius 2 is 1.62 bits per heavy atom. The highest BCUT2D eigenvalue weighted by Crippen LogP contribution is 2.19. The third-order valence-electron chi connectivity index (χ3n) is 5.50. The molecule has 2 N–H and O–H groups in total. The molecule has 3 aromatic carbocycles. The van der Waals surface area contributed by atoms with Crippen LogP contribution in [0.5, 0.6) is 0 Å². The molecule has 2 amide bonds. The van der Waals surface area contributed by atoms with Crippen molar-refractivity contribution in [1.82, 2.24) is 9.88 Å². The minimum Gasteiger partial charge on any atom is -0.322 e. The van der Waals surface area contributed by atoms with E-state index in [1.807, 2.05) is 62.4 Å². The molecule has 1 aromatic heterocycles. The highest BCUT2D eigenvalue weighted by Gasteiger charge is 2.17. The number of rotatable bonds is 5. The maximum atomic E-state index is 13.2. The molecule has 0 radical (unpaired) electrons. The maximum absolute atomic E-state index is 13.2. The molecule has 0 saturated carbocycles. The van der Waals surface area contributed by atoms with Gasteiger partial charge >= 0.3 is 6.03 Å². The Labute approximate surface area is 185 Å². The van der Waals surface area contributed by atoms with Crippen molar-refractivity contribution in [2.24, 2.45) is 0 Å². The molecule has 0 unspecified atom stereocenters. The predicted octanol–water partition coefficient (Wildman–Crippen LogP) is 5.52. The van der Waals surface area contributed by atoms with Crippen molar-refractivity contribution in [3.05, 3.63) is 111 Å². The monoisotopic (exact) mass is 429 g/mol. The number of benzene rings is 3. The molecule has 4 rings (SSSR count). The van der Waals surface area contributed by atoms with Crippen LogP contribution >= 0.6 is 0 Å². The molecule has 0 saturated heterocycles. The number of nitrogens with one attached hydrogen (secondary N) is 2. The Hall–Kier alpha value is -3.93. The van der Waals surface area contributed by atoms with Crippen molar-refractivity contribution in [2.75, 3.05) is 5.32 Å². The second-order valence-corrected chi connectivity index (χ2v) is 7.93. The highest BCUT2D eigenvalue weighted by molar-refractivity contribution is 5.89. The number of amides is 2. The van der Waals surface area contributed by atoms with Crippen molar-refractivity contribution in [1.29, 1.82) is 0 Å². The van der Waals surface area contributed by atoms with E-state index < -0.39 is 0 Å². The molecule has 0 atom stereocenters. The Bertz CT molecular complexity index is 1310. The lowest BCUT2D eigenvalue weighted by Gasteiger charge is -2.23. The van der Waals surface area contributed by atoms with Crippen LogP contribution in [0.3, 0.4) is 0 Å². The number of aromatic nitrogens is 1. The number of halogens is 1. The Morgan fingerprint density at radius 1 is 0.938 bits per heavy atom. The number of aryl methyl sites for hydroxylation is 2.